The summed E-state index contributed by atoms with van der Waals surface area (Å²) in [6, 6.07) is 0. The van der Waals surface area contributed by atoms with Gasteiger partial charge in [-0.3, -0.25) is 0 Å². The Kier molecular flexibility index (Phi) is 1.86. The van der Waals surface area contributed by atoms with Crippen LogP contribution in [0.15, 0.2) is 23.9 Å². The van der Waals surface area contributed by atoms with E-state index in [1.54, 1.807) is 12.4 Å². The predicted molar refractivity (Wildman–Crippen MR) is 36.1 cm³/mol. The lowest BCUT2D eigenvalue weighted by molar-refractivity contribution is 1.35. The van der Waals surface area contributed by atoms with Crippen molar-refractivity contribution in [2.45, 2.75) is 0 Å². The lowest BCUT2D eigenvalue weighted by Gasteiger charge is -1.86. The largest absolute Gasteiger partial charge is 0.242 e. The highest BCUT2D eigenvalue weighted by Gasteiger charge is 1.95. The summed E-state index contributed by atoms with van der Waals surface area (Å²) >= 11 is 5.50. The zero-order valence-corrected chi connectivity index (χ0v) is 5.10. The molecule has 0 aromatic carbocycles. The maximum absolute atomic E-state index is 5.50. The Morgan fingerprint density at radius 1 is 1.62 bits per heavy atom. The Hall–Kier alpha value is -0.560. The first-order chi connectivity index (χ1) is 3.93. The van der Waals surface area contributed by atoms with E-state index in [-0.39, 0.29) is 0 Å². The first-order valence-electron chi connectivity index (χ1n) is 2.38. The molecule has 0 aromatic rings. The van der Waals surface area contributed by atoms with Crippen LogP contribution in [0.3, 0.4) is 0 Å². The number of alkyl halides is 1. The summed E-state index contributed by atoms with van der Waals surface area (Å²) in [5.74, 6) is 0.572. The first-order valence-corrected chi connectivity index (χ1v) is 2.92. The Morgan fingerprint density at radius 2 is 2.50 bits per heavy atom. The molecule has 1 radical (unpaired) electrons. The van der Waals surface area contributed by atoms with Gasteiger partial charge in [-0.05, 0) is 5.57 Å². The minimum Gasteiger partial charge on any atom is -0.122 e. The van der Waals surface area contributed by atoms with Crippen LogP contribution in [0, 0.1) is 0 Å². The molecule has 8 heavy (non-hydrogen) atoms. The highest BCUT2D eigenvalue weighted by molar-refractivity contribution is 6.19. The molecule has 41 valence electrons. The fourth-order valence-corrected chi connectivity index (χ4v) is 0.650. The van der Waals surface area contributed by atoms with Gasteiger partial charge in [-0.15, -0.1) is 11.6 Å². The van der Waals surface area contributed by atoms with Gasteiger partial charge in [0, 0.05) is 18.0 Å². The van der Waals surface area contributed by atoms with Gasteiger partial charge < -0.3 is 0 Å². The quantitative estimate of drug-likeness (QED) is 0.468. The monoisotopic (exact) mass is 127 g/mol. The molecule has 0 saturated heterocycles. The molecule has 0 fully saturated rings. The van der Waals surface area contributed by atoms with Gasteiger partial charge in [-0.2, -0.15) is 0 Å². The van der Waals surface area contributed by atoms with Crippen molar-refractivity contribution < 1.29 is 0 Å². The maximum atomic E-state index is 5.50. The van der Waals surface area contributed by atoms with E-state index in [4.69, 9.17) is 11.6 Å². The van der Waals surface area contributed by atoms with Crippen molar-refractivity contribution in [2.75, 3.05) is 5.88 Å². The summed E-state index contributed by atoms with van der Waals surface area (Å²) in [5, 5.41) is 0. The SMILES string of the molecule is ClCC1=CC=[N+]C=C1. The molecule has 0 N–H and O–H groups in total. The zero-order chi connectivity index (χ0) is 5.82. The van der Waals surface area contributed by atoms with Crippen LogP contribution in [0.5, 0.6) is 0 Å². The molecular formula is C6H6ClN+. The Morgan fingerprint density at radius 3 is 2.88 bits per heavy atom. The number of rotatable bonds is 1. The Labute approximate surface area is 53.4 Å². The van der Waals surface area contributed by atoms with Crippen LogP contribution < -0.4 is 4.99 Å². The molecule has 1 aliphatic rings. The highest BCUT2D eigenvalue weighted by Crippen LogP contribution is 1.98. The standard InChI is InChI=1S/C6H6ClN/c7-5-6-1-3-8-4-2-6/h1-4H,5H2/q+1. The number of nitrogens with zero attached hydrogens (tertiary/aromatic N) is 1. The molecule has 1 nitrogen and oxygen atoms in total. The van der Waals surface area contributed by atoms with Gasteiger partial charge in [0.05, 0.1) is 4.99 Å². The zero-order valence-electron chi connectivity index (χ0n) is 4.34. The van der Waals surface area contributed by atoms with Gasteiger partial charge >= 0.3 is 0 Å². The minimum absolute atomic E-state index is 0.572. The topological polar surface area (TPSA) is 14.1 Å². The molecule has 0 aromatic heterocycles. The van der Waals surface area contributed by atoms with Gasteiger partial charge in [0.1, 0.15) is 0 Å². The van der Waals surface area contributed by atoms with Crippen LogP contribution in [-0.4, -0.2) is 12.1 Å². The van der Waals surface area contributed by atoms with E-state index in [1.807, 2.05) is 12.2 Å². The van der Waals surface area contributed by atoms with E-state index < -0.39 is 0 Å². The number of halogens is 1. The molecule has 0 amide bonds. The second-order valence-corrected chi connectivity index (χ2v) is 1.76. The van der Waals surface area contributed by atoms with E-state index in [0.29, 0.717) is 5.88 Å². The van der Waals surface area contributed by atoms with Crippen LogP contribution in [0.4, 0.5) is 0 Å². The van der Waals surface area contributed by atoms with Crippen LogP contribution >= 0.6 is 11.6 Å². The van der Waals surface area contributed by atoms with Crippen molar-refractivity contribution in [2.24, 2.45) is 0 Å². The molecule has 0 aliphatic carbocycles. The molecule has 0 saturated carbocycles. The summed E-state index contributed by atoms with van der Waals surface area (Å²) in [6.45, 7) is 0. The van der Waals surface area contributed by atoms with Crippen LogP contribution in [-0.2, 0) is 0 Å². The lowest BCUT2D eigenvalue weighted by atomic mass is 10.2. The van der Waals surface area contributed by atoms with E-state index in [0.717, 1.165) is 5.57 Å². The minimum atomic E-state index is 0.572. The van der Waals surface area contributed by atoms with Gasteiger partial charge in [0.2, 0.25) is 12.4 Å². The third kappa shape index (κ3) is 1.20. The fraction of sp³-hybridized carbons (Fsp3) is 0.167. The highest BCUT2D eigenvalue weighted by atomic mass is 35.5. The summed E-state index contributed by atoms with van der Waals surface area (Å²) in [4.78, 5) is 3.83. The maximum Gasteiger partial charge on any atom is 0.242 e. The van der Waals surface area contributed by atoms with E-state index in [2.05, 4.69) is 4.99 Å². The number of hydrogen-bond acceptors (Lipinski definition) is 1. The van der Waals surface area contributed by atoms with Gasteiger partial charge in [0.15, 0.2) is 0 Å². The second-order valence-electron chi connectivity index (χ2n) is 1.49. The normalized spacial score (nSPS) is 16.4. The molecule has 0 unspecified atom stereocenters. The van der Waals surface area contributed by atoms with E-state index in [9.17, 15) is 0 Å². The van der Waals surface area contributed by atoms with Crippen molar-refractivity contribution >= 4 is 17.8 Å². The molecular weight excluding hydrogens is 122 g/mol. The van der Waals surface area contributed by atoms with Crippen molar-refractivity contribution in [3.8, 4) is 0 Å². The third-order valence-electron chi connectivity index (χ3n) is 0.904. The van der Waals surface area contributed by atoms with Crippen molar-refractivity contribution in [3.63, 3.8) is 0 Å². The molecule has 2 heteroatoms. The van der Waals surface area contributed by atoms with Crippen LogP contribution in [0.2, 0.25) is 0 Å². The average Bonchev–Trinajstić information content (AvgIpc) is 1.90. The molecule has 0 spiro atoms. The molecule has 0 bridgehead atoms. The van der Waals surface area contributed by atoms with E-state index >= 15 is 0 Å². The summed E-state index contributed by atoms with van der Waals surface area (Å²) in [5.41, 5.74) is 1.11. The Balaban J connectivity index is 2.68. The average molecular weight is 128 g/mol. The fourth-order valence-electron chi connectivity index (χ4n) is 0.472. The van der Waals surface area contributed by atoms with Crippen molar-refractivity contribution in [1.29, 1.82) is 0 Å². The molecule has 1 heterocycles. The molecule has 0 atom stereocenters. The van der Waals surface area contributed by atoms with Crippen LogP contribution in [0.25, 0.3) is 0 Å². The number of aliphatic imine (C=N–C) groups is 1. The smallest absolute Gasteiger partial charge is 0.122 e. The lowest BCUT2D eigenvalue weighted by Crippen LogP contribution is -1.90. The van der Waals surface area contributed by atoms with Crippen molar-refractivity contribution in [1.82, 2.24) is 4.99 Å². The van der Waals surface area contributed by atoms with Gasteiger partial charge in [-0.25, -0.2) is 0 Å². The first kappa shape index (κ1) is 5.57. The third-order valence-corrected chi connectivity index (χ3v) is 1.21. The van der Waals surface area contributed by atoms with E-state index in [1.165, 1.54) is 0 Å². The van der Waals surface area contributed by atoms with Crippen LogP contribution in [0.1, 0.15) is 0 Å². The number of allylic oxidation sites excluding steroid dienone is 3. The number of hydrogen-bond donors (Lipinski definition) is 0. The Bertz CT molecular complexity index is 156. The van der Waals surface area contributed by atoms with Crippen molar-refractivity contribution in [3.05, 3.63) is 23.9 Å². The summed E-state index contributed by atoms with van der Waals surface area (Å²) < 4.78 is 0. The van der Waals surface area contributed by atoms with Gasteiger partial charge in [0.25, 0.3) is 0 Å². The summed E-state index contributed by atoms with van der Waals surface area (Å²) in [6.07, 6.45) is 7.26. The second kappa shape index (κ2) is 2.68. The summed E-state index contributed by atoms with van der Waals surface area (Å²) in [7, 11) is 0. The predicted octanol–water partition coefficient (Wildman–Crippen LogP) is 1.09. The van der Waals surface area contributed by atoms with Gasteiger partial charge in [-0.1, -0.05) is 0 Å². The molecule has 1 aliphatic heterocycles. The molecule has 1 rings (SSSR count).